The summed E-state index contributed by atoms with van der Waals surface area (Å²) in [5.74, 6) is 0.540. The Hall–Kier alpha value is -3.61. The molecule has 2 N–H and O–H groups in total. The van der Waals surface area contributed by atoms with Gasteiger partial charge < -0.3 is 15.4 Å². The summed E-state index contributed by atoms with van der Waals surface area (Å²) in [5, 5.41) is 9.88. The Morgan fingerprint density at radius 2 is 1.78 bits per heavy atom. The average molecular weight is 364 g/mol. The molecule has 7 heteroatoms. The van der Waals surface area contributed by atoms with Gasteiger partial charge in [0.25, 0.3) is 5.91 Å². The highest BCUT2D eigenvalue weighted by molar-refractivity contribution is 5.95. The van der Waals surface area contributed by atoms with Crippen LogP contribution in [0.25, 0.3) is 5.69 Å². The van der Waals surface area contributed by atoms with Crippen molar-refractivity contribution in [1.29, 1.82) is 0 Å². The summed E-state index contributed by atoms with van der Waals surface area (Å²) >= 11 is 0. The number of aromatic nitrogens is 2. The summed E-state index contributed by atoms with van der Waals surface area (Å²) in [5.41, 5.74) is 1.81. The lowest BCUT2D eigenvalue weighted by atomic mass is 10.2. The van der Waals surface area contributed by atoms with Crippen LogP contribution in [0.1, 0.15) is 23.0 Å². The highest BCUT2D eigenvalue weighted by Gasteiger charge is 2.16. The molecule has 0 saturated heterocycles. The van der Waals surface area contributed by atoms with Gasteiger partial charge in [0.15, 0.2) is 5.69 Å². The number of amides is 2. The van der Waals surface area contributed by atoms with Gasteiger partial charge in [-0.1, -0.05) is 36.4 Å². The zero-order valence-electron chi connectivity index (χ0n) is 15.1. The molecule has 0 saturated carbocycles. The van der Waals surface area contributed by atoms with Crippen LogP contribution in [-0.4, -0.2) is 28.7 Å². The Balaban J connectivity index is 1.82. The number of anilines is 1. The van der Waals surface area contributed by atoms with Gasteiger partial charge in [0, 0.05) is 25.1 Å². The summed E-state index contributed by atoms with van der Waals surface area (Å²) in [6, 6.07) is 18.3. The average Bonchev–Trinajstić information content (AvgIpc) is 3.10. The third-order valence-corrected chi connectivity index (χ3v) is 3.88. The summed E-state index contributed by atoms with van der Waals surface area (Å²) in [6.45, 7) is 1.71. The third kappa shape index (κ3) is 4.33. The molecule has 3 rings (SSSR count). The van der Waals surface area contributed by atoms with Crippen LogP contribution in [0, 0.1) is 0 Å². The smallest absolute Gasteiger partial charge is 0.272 e. The van der Waals surface area contributed by atoms with Crippen molar-refractivity contribution in [2.75, 3.05) is 12.4 Å². The van der Waals surface area contributed by atoms with Gasteiger partial charge in [0.1, 0.15) is 11.6 Å². The fraction of sp³-hybridized carbons (Fsp3) is 0.150. The van der Waals surface area contributed by atoms with Crippen molar-refractivity contribution in [2.24, 2.45) is 0 Å². The molecular weight excluding hydrogens is 344 g/mol. The minimum atomic E-state index is -0.345. The third-order valence-electron chi connectivity index (χ3n) is 3.88. The van der Waals surface area contributed by atoms with Crippen molar-refractivity contribution in [3.8, 4) is 11.4 Å². The molecule has 1 aromatic heterocycles. The standard InChI is InChI=1S/C20H20N4O3/c1-14(25)22-19-12-17(23-24(19)16-9-4-3-5-10-16)20(26)21-13-15-8-6-7-11-18(15)27-2/h3-12H,13H2,1-2H3,(H,21,26)(H,22,25). The molecule has 0 unspecified atom stereocenters. The number of ether oxygens (including phenoxy) is 1. The minimum absolute atomic E-state index is 0.206. The van der Waals surface area contributed by atoms with E-state index in [0.717, 1.165) is 11.3 Å². The zero-order valence-corrected chi connectivity index (χ0v) is 15.1. The maximum atomic E-state index is 12.6. The summed E-state index contributed by atoms with van der Waals surface area (Å²) < 4.78 is 6.82. The van der Waals surface area contributed by atoms with Crippen LogP contribution >= 0.6 is 0 Å². The molecule has 0 aliphatic heterocycles. The van der Waals surface area contributed by atoms with Crippen molar-refractivity contribution in [1.82, 2.24) is 15.1 Å². The van der Waals surface area contributed by atoms with Gasteiger partial charge in [-0.25, -0.2) is 4.68 Å². The van der Waals surface area contributed by atoms with Crippen molar-refractivity contribution in [3.05, 3.63) is 71.9 Å². The molecule has 27 heavy (non-hydrogen) atoms. The minimum Gasteiger partial charge on any atom is -0.496 e. The first kappa shape index (κ1) is 18.2. The number of carbonyl (C=O) groups excluding carboxylic acids is 2. The van der Waals surface area contributed by atoms with E-state index in [1.54, 1.807) is 13.2 Å². The Labute approximate surface area is 157 Å². The number of hydrogen-bond donors (Lipinski definition) is 2. The maximum absolute atomic E-state index is 12.6. The second-order valence-electron chi connectivity index (χ2n) is 5.84. The van der Waals surface area contributed by atoms with Gasteiger partial charge >= 0.3 is 0 Å². The van der Waals surface area contributed by atoms with Gasteiger partial charge in [-0.2, -0.15) is 5.10 Å². The van der Waals surface area contributed by atoms with Gasteiger partial charge in [-0.05, 0) is 18.2 Å². The van der Waals surface area contributed by atoms with Crippen LogP contribution < -0.4 is 15.4 Å². The summed E-state index contributed by atoms with van der Waals surface area (Å²) in [6.07, 6.45) is 0. The van der Waals surface area contributed by atoms with E-state index in [-0.39, 0.29) is 17.5 Å². The van der Waals surface area contributed by atoms with Crippen molar-refractivity contribution < 1.29 is 14.3 Å². The topological polar surface area (TPSA) is 85.3 Å². The first-order valence-electron chi connectivity index (χ1n) is 8.41. The largest absolute Gasteiger partial charge is 0.496 e. The Morgan fingerprint density at radius 1 is 1.07 bits per heavy atom. The number of hydrogen-bond acceptors (Lipinski definition) is 4. The summed E-state index contributed by atoms with van der Waals surface area (Å²) in [4.78, 5) is 24.1. The number of nitrogens with zero attached hydrogens (tertiary/aromatic N) is 2. The molecule has 138 valence electrons. The van der Waals surface area contributed by atoms with Crippen LogP contribution in [-0.2, 0) is 11.3 Å². The van der Waals surface area contributed by atoms with E-state index < -0.39 is 0 Å². The molecular formula is C20H20N4O3. The molecule has 0 bridgehead atoms. The maximum Gasteiger partial charge on any atom is 0.272 e. The first-order chi connectivity index (χ1) is 13.1. The van der Waals surface area contributed by atoms with E-state index in [2.05, 4.69) is 15.7 Å². The van der Waals surface area contributed by atoms with E-state index in [1.807, 2.05) is 54.6 Å². The molecule has 7 nitrogen and oxygen atoms in total. The molecule has 1 heterocycles. The number of para-hydroxylation sites is 2. The van der Waals surface area contributed by atoms with E-state index >= 15 is 0 Å². The fourth-order valence-electron chi connectivity index (χ4n) is 2.64. The predicted molar refractivity (Wildman–Crippen MR) is 102 cm³/mol. The SMILES string of the molecule is COc1ccccc1CNC(=O)c1cc(NC(C)=O)n(-c2ccccc2)n1. The van der Waals surface area contributed by atoms with Gasteiger partial charge in [-0.15, -0.1) is 0 Å². The van der Waals surface area contributed by atoms with Gasteiger partial charge in [-0.3, -0.25) is 9.59 Å². The molecule has 0 fully saturated rings. The predicted octanol–water partition coefficient (Wildman–Crippen LogP) is 2.77. The number of methoxy groups -OCH3 is 1. The number of benzene rings is 2. The lowest BCUT2D eigenvalue weighted by molar-refractivity contribution is -0.114. The quantitative estimate of drug-likeness (QED) is 0.704. The van der Waals surface area contributed by atoms with E-state index in [9.17, 15) is 9.59 Å². The van der Waals surface area contributed by atoms with E-state index in [0.29, 0.717) is 18.1 Å². The monoisotopic (exact) mass is 364 g/mol. The van der Waals surface area contributed by atoms with Gasteiger partial charge in [0.05, 0.1) is 12.8 Å². The van der Waals surface area contributed by atoms with Crippen molar-refractivity contribution in [2.45, 2.75) is 13.5 Å². The molecule has 0 aliphatic carbocycles. The molecule has 0 aliphatic rings. The highest BCUT2D eigenvalue weighted by atomic mass is 16.5. The number of carbonyl (C=O) groups is 2. The summed E-state index contributed by atoms with van der Waals surface area (Å²) in [7, 11) is 1.59. The first-order valence-corrected chi connectivity index (χ1v) is 8.41. The second-order valence-corrected chi connectivity index (χ2v) is 5.84. The number of rotatable bonds is 6. The van der Waals surface area contributed by atoms with Crippen LogP contribution in [0.3, 0.4) is 0 Å². The fourth-order valence-corrected chi connectivity index (χ4v) is 2.64. The Kier molecular flexibility index (Phi) is 5.51. The van der Waals surface area contributed by atoms with Crippen molar-refractivity contribution >= 4 is 17.6 Å². The van der Waals surface area contributed by atoms with E-state index in [4.69, 9.17) is 4.74 Å². The lowest BCUT2D eigenvalue weighted by Crippen LogP contribution is -2.23. The zero-order chi connectivity index (χ0) is 19.2. The molecule has 0 spiro atoms. The van der Waals surface area contributed by atoms with Crippen molar-refractivity contribution in [3.63, 3.8) is 0 Å². The molecule has 0 atom stereocenters. The Bertz CT molecular complexity index is 951. The van der Waals surface area contributed by atoms with E-state index in [1.165, 1.54) is 11.6 Å². The van der Waals surface area contributed by atoms with Gasteiger partial charge in [0.2, 0.25) is 5.91 Å². The molecule has 0 radical (unpaired) electrons. The van der Waals surface area contributed by atoms with Crippen LogP contribution in [0.15, 0.2) is 60.7 Å². The Morgan fingerprint density at radius 3 is 2.48 bits per heavy atom. The van der Waals surface area contributed by atoms with Crippen LogP contribution in [0.2, 0.25) is 0 Å². The number of nitrogens with one attached hydrogen (secondary N) is 2. The highest BCUT2D eigenvalue weighted by Crippen LogP contribution is 2.19. The van der Waals surface area contributed by atoms with Crippen LogP contribution in [0.4, 0.5) is 5.82 Å². The van der Waals surface area contributed by atoms with Crippen LogP contribution in [0.5, 0.6) is 5.75 Å². The molecule has 3 aromatic rings. The second kappa shape index (κ2) is 8.18. The molecule has 2 aromatic carbocycles. The lowest BCUT2D eigenvalue weighted by Gasteiger charge is -2.08. The molecule has 2 amide bonds. The normalized spacial score (nSPS) is 10.3.